The number of para-hydroxylation sites is 1. The molecule has 3 aromatic rings. The van der Waals surface area contributed by atoms with Crippen molar-refractivity contribution < 1.29 is 28.7 Å². The van der Waals surface area contributed by atoms with Gasteiger partial charge in [0.15, 0.2) is 0 Å². The standard InChI is InChI=1S/C34H32N2O6/c1-3-19-9-11-21(12-10-19)35-30(38)24-15-14-23-25(28(24)32(35)40)17-26-31(39)36(20-7-5-4-6-8-20)33(41)34(26,2)29(23)27-16-13-22(18-37)42-27/h4-14,16,24-26,28-29,37H,3,15,17-18H2,1-2H3. The number of imide groups is 2. The van der Waals surface area contributed by atoms with Gasteiger partial charge in [0, 0.05) is 0 Å². The van der Waals surface area contributed by atoms with Crippen LogP contribution in [0.25, 0.3) is 0 Å². The molecule has 6 unspecified atom stereocenters. The molecule has 3 heterocycles. The summed E-state index contributed by atoms with van der Waals surface area (Å²) in [6, 6.07) is 19.8. The van der Waals surface area contributed by atoms with E-state index >= 15 is 0 Å². The van der Waals surface area contributed by atoms with Gasteiger partial charge >= 0.3 is 0 Å². The van der Waals surface area contributed by atoms with E-state index in [9.17, 15) is 24.3 Å². The summed E-state index contributed by atoms with van der Waals surface area (Å²) in [7, 11) is 0. The third-order valence-electron chi connectivity index (χ3n) is 10.0. The van der Waals surface area contributed by atoms with E-state index in [4.69, 9.17) is 4.42 Å². The van der Waals surface area contributed by atoms with Gasteiger partial charge in [-0.3, -0.25) is 24.1 Å². The zero-order valence-corrected chi connectivity index (χ0v) is 23.5. The van der Waals surface area contributed by atoms with E-state index in [-0.39, 0.29) is 36.7 Å². The van der Waals surface area contributed by atoms with Crippen LogP contribution in [0.2, 0.25) is 0 Å². The molecule has 8 nitrogen and oxygen atoms in total. The van der Waals surface area contributed by atoms with Crippen LogP contribution in [0.15, 0.2) is 82.8 Å². The lowest BCUT2D eigenvalue weighted by atomic mass is 9.52. The number of hydrogen-bond acceptors (Lipinski definition) is 6. The average Bonchev–Trinajstić information content (AvgIpc) is 3.64. The lowest BCUT2D eigenvalue weighted by Gasteiger charge is -2.48. The van der Waals surface area contributed by atoms with E-state index < -0.39 is 35.0 Å². The van der Waals surface area contributed by atoms with E-state index in [1.807, 2.05) is 50.3 Å². The zero-order valence-electron chi connectivity index (χ0n) is 23.5. The van der Waals surface area contributed by atoms with Gasteiger partial charge in [-0.25, -0.2) is 4.90 Å². The highest BCUT2D eigenvalue weighted by molar-refractivity contribution is 6.25. The van der Waals surface area contributed by atoms with E-state index in [0.29, 0.717) is 29.3 Å². The minimum Gasteiger partial charge on any atom is -0.463 e. The van der Waals surface area contributed by atoms with Gasteiger partial charge < -0.3 is 9.52 Å². The number of aryl methyl sites for hydroxylation is 1. The maximum absolute atomic E-state index is 14.3. The molecule has 2 aliphatic heterocycles. The minimum atomic E-state index is -1.17. The van der Waals surface area contributed by atoms with Crippen molar-refractivity contribution in [3.05, 3.63) is 95.5 Å². The molecule has 8 heteroatoms. The van der Waals surface area contributed by atoms with Gasteiger partial charge in [0.1, 0.15) is 18.1 Å². The number of amides is 4. The van der Waals surface area contributed by atoms with Gasteiger partial charge in [0.25, 0.3) is 0 Å². The Morgan fingerprint density at radius 1 is 0.857 bits per heavy atom. The average molecular weight is 565 g/mol. The van der Waals surface area contributed by atoms with Crippen molar-refractivity contribution in [1.82, 2.24) is 0 Å². The normalized spacial score (nSPS) is 30.4. The first-order valence-corrected chi connectivity index (χ1v) is 14.6. The predicted molar refractivity (Wildman–Crippen MR) is 154 cm³/mol. The fourth-order valence-corrected chi connectivity index (χ4v) is 7.91. The van der Waals surface area contributed by atoms with Gasteiger partial charge in [-0.15, -0.1) is 0 Å². The monoisotopic (exact) mass is 564 g/mol. The second-order valence-electron chi connectivity index (χ2n) is 12.0. The number of fused-ring (bicyclic) bond motifs is 4. The molecule has 2 aromatic carbocycles. The third-order valence-corrected chi connectivity index (χ3v) is 10.0. The maximum atomic E-state index is 14.3. The summed E-state index contributed by atoms with van der Waals surface area (Å²) < 4.78 is 6.06. The van der Waals surface area contributed by atoms with Crippen LogP contribution in [-0.4, -0.2) is 28.7 Å². The number of rotatable bonds is 5. The van der Waals surface area contributed by atoms with Gasteiger partial charge in [0.05, 0.1) is 40.5 Å². The largest absolute Gasteiger partial charge is 0.463 e. The first-order valence-electron chi connectivity index (χ1n) is 14.6. The molecule has 42 heavy (non-hydrogen) atoms. The number of aliphatic hydroxyl groups is 1. The fourth-order valence-electron chi connectivity index (χ4n) is 7.91. The molecule has 1 N–H and O–H groups in total. The van der Waals surface area contributed by atoms with Crippen LogP contribution < -0.4 is 9.80 Å². The Morgan fingerprint density at radius 2 is 1.57 bits per heavy atom. The van der Waals surface area contributed by atoms with Crippen molar-refractivity contribution in [2.45, 2.75) is 45.6 Å². The molecule has 214 valence electrons. The Hall–Kier alpha value is -4.30. The van der Waals surface area contributed by atoms with E-state index in [1.54, 1.807) is 36.4 Å². The number of benzene rings is 2. The molecule has 1 saturated carbocycles. The smallest absolute Gasteiger partial charge is 0.241 e. The van der Waals surface area contributed by atoms with Crippen molar-refractivity contribution >= 4 is 35.0 Å². The highest BCUT2D eigenvalue weighted by Gasteiger charge is 2.68. The first-order chi connectivity index (χ1) is 20.3. The number of allylic oxidation sites excluding steroid dienone is 2. The lowest BCUT2D eigenvalue weighted by Crippen LogP contribution is -2.48. The predicted octanol–water partition coefficient (Wildman–Crippen LogP) is 4.77. The van der Waals surface area contributed by atoms with Crippen LogP contribution in [0.4, 0.5) is 11.4 Å². The number of carbonyl (C=O) groups is 4. The fraction of sp³-hybridized carbons (Fsp3) is 0.353. The number of carbonyl (C=O) groups excluding carboxylic acids is 4. The number of furan rings is 1. The lowest BCUT2D eigenvalue weighted by molar-refractivity contribution is -0.131. The molecule has 7 rings (SSSR count). The second-order valence-corrected chi connectivity index (χ2v) is 12.0. The van der Waals surface area contributed by atoms with Gasteiger partial charge in [-0.05, 0) is 74.1 Å². The van der Waals surface area contributed by atoms with Crippen LogP contribution in [-0.2, 0) is 32.2 Å². The van der Waals surface area contributed by atoms with Gasteiger partial charge in [-0.2, -0.15) is 0 Å². The molecular formula is C34H32N2O6. The van der Waals surface area contributed by atoms with Gasteiger partial charge in [-0.1, -0.05) is 48.9 Å². The summed E-state index contributed by atoms with van der Waals surface area (Å²) in [4.78, 5) is 58.8. The number of anilines is 2. The summed E-state index contributed by atoms with van der Waals surface area (Å²) in [5.74, 6) is -3.24. The summed E-state index contributed by atoms with van der Waals surface area (Å²) in [5, 5.41) is 9.75. The van der Waals surface area contributed by atoms with E-state index in [1.165, 1.54) is 9.80 Å². The zero-order chi connectivity index (χ0) is 29.3. The van der Waals surface area contributed by atoms with Crippen molar-refractivity contribution in [2.75, 3.05) is 9.80 Å². The van der Waals surface area contributed by atoms with Crippen LogP contribution in [0, 0.1) is 29.1 Å². The summed E-state index contributed by atoms with van der Waals surface area (Å²) in [5.41, 5.74) is 1.85. The summed E-state index contributed by atoms with van der Waals surface area (Å²) in [6.07, 6.45) is 3.49. The summed E-state index contributed by atoms with van der Waals surface area (Å²) >= 11 is 0. The highest BCUT2D eigenvalue weighted by atomic mass is 16.4. The number of nitrogens with zero attached hydrogens (tertiary/aromatic N) is 2. The minimum absolute atomic E-state index is 0.227. The number of aliphatic hydroxyl groups excluding tert-OH is 1. The maximum Gasteiger partial charge on any atom is 0.241 e. The number of hydrogen-bond donors (Lipinski definition) is 1. The van der Waals surface area contributed by atoms with Crippen LogP contribution in [0.5, 0.6) is 0 Å². The molecule has 6 atom stereocenters. The SMILES string of the molecule is CCc1ccc(N2C(=O)C3CC=C4C(CC5C(=O)N(c6ccccc6)C(=O)C5(C)C4c4ccc(CO)o4)C3C2=O)cc1. The Balaban J connectivity index is 1.34. The van der Waals surface area contributed by atoms with Crippen molar-refractivity contribution in [1.29, 1.82) is 0 Å². The van der Waals surface area contributed by atoms with Crippen molar-refractivity contribution in [3.8, 4) is 0 Å². The molecule has 3 fully saturated rings. The highest BCUT2D eigenvalue weighted by Crippen LogP contribution is 2.63. The van der Waals surface area contributed by atoms with Gasteiger partial charge in [0.2, 0.25) is 23.6 Å². The van der Waals surface area contributed by atoms with Crippen LogP contribution in [0.1, 0.15) is 49.7 Å². The molecule has 4 aliphatic rings. The third kappa shape index (κ3) is 3.57. The van der Waals surface area contributed by atoms with E-state index in [0.717, 1.165) is 17.6 Å². The second kappa shape index (κ2) is 9.63. The Labute approximate surface area is 243 Å². The topological polar surface area (TPSA) is 108 Å². The summed E-state index contributed by atoms with van der Waals surface area (Å²) in [6.45, 7) is 3.56. The molecule has 1 aromatic heterocycles. The molecule has 0 bridgehead atoms. The first kappa shape index (κ1) is 26.6. The Kier molecular flexibility index (Phi) is 6.10. The Morgan fingerprint density at radius 3 is 2.24 bits per heavy atom. The molecular weight excluding hydrogens is 532 g/mol. The molecule has 0 spiro atoms. The Bertz CT molecular complexity index is 1640. The molecule has 0 radical (unpaired) electrons. The van der Waals surface area contributed by atoms with E-state index in [2.05, 4.69) is 0 Å². The van der Waals surface area contributed by atoms with Crippen LogP contribution >= 0.6 is 0 Å². The van der Waals surface area contributed by atoms with Crippen molar-refractivity contribution in [3.63, 3.8) is 0 Å². The molecule has 2 aliphatic carbocycles. The van der Waals surface area contributed by atoms with Crippen LogP contribution in [0.3, 0.4) is 0 Å². The quantitative estimate of drug-likeness (QED) is 0.353. The van der Waals surface area contributed by atoms with Crippen molar-refractivity contribution in [2.24, 2.45) is 29.1 Å². The molecule has 4 amide bonds. The molecule has 2 saturated heterocycles.